The number of piperidine rings is 1. The lowest BCUT2D eigenvalue weighted by Gasteiger charge is -2.29. The number of aryl methyl sites for hydroxylation is 1. The molecule has 0 saturated carbocycles. The van der Waals surface area contributed by atoms with Crippen molar-refractivity contribution in [3.63, 3.8) is 0 Å². The molecule has 0 unspecified atom stereocenters. The number of hydrogen-bond donors (Lipinski definition) is 2. The minimum atomic E-state index is -0.905. The van der Waals surface area contributed by atoms with Crippen LogP contribution in [0.1, 0.15) is 38.0 Å². The Bertz CT molecular complexity index is 834. The fourth-order valence-corrected chi connectivity index (χ4v) is 3.43. The van der Waals surface area contributed by atoms with Gasteiger partial charge in [-0.2, -0.15) is 0 Å². The molecule has 0 bridgehead atoms. The average Bonchev–Trinajstić information content (AvgIpc) is 3.13. The number of nitrogens with one attached hydrogen (secondary N) is 1. The molecule has 1 atom stereocenters. The molecule has 1 aromatic carbocycles. The summed E-state index contributed by atoms with van der Waals surface area (Å²) in [4.78, 5) is 37.3. The second-order valence-corrected chi connectivity index (χ2v) is 7.14. The monoisotopic (exact) mass is 374 g/mol. The van der Waals surface area contributed by atoms with Gasteiger partial charge in [0.2, 0.25) is 10.0 Å². The Hall–Kier alpha value is -2.81. The zero-order chi connectivity index (χ0) is 18.7. The second-order valence-electron chi connectivity index (χ2n) is 6.16. The molecule has 1 aliphatic rings. The van der Waals surface area contributed by atoms with E-state index in [4.69, 9.17) is 5.11 Å². The Balaban J connectivity index is 1.66. The highest BCUT2D eigenvalue weighted by molar-refractivity contribution is 7.15. The van der Waals surface area contributed by atoms with E-state index >= 15 is 0 Å². The first-order chi connectivity index (χ1) is 12.4. The number of carbonyl (C=O) groups excluding carboxylic acids is 2. The average molecular weight is 374 g/mol. The van der Waals surface area contributed by atoms with Crippen LogP contribution in [0.4, 0.5) is 5.69 Å². The fourth-order valence-electron chi connectivity index (χ4n) is 2.72. The van der Waals surface area contributed by atoms with Gasteiger partial charge in [-0.05, 0) is 31.9 Å². The van der Waals surface area contributed by atoms with Gasteiger partial charge in [-0.25, -0.2) is 0 Å². The van der Waals surface area contributed by atoms with E-state index in [0.717, 1.165) is 16.9 Å². The molecular weight excluding hydrogens is 356 g/mol. The number of benzene rings is 1. The highest BCUT2D eigenvalue weighted by atomic mass is 32.1. The van der Waals surface area contributed by atoms with Gasteiger partial charge in [-0.3, -0.25) is 14.4 Å². The van der Waals surface area contributed by atoms with Crippen LogP contribution in [0.25, 0.3) is 0 Å². The summed E-state index contributed by atoms with van der Waals surface area (Å²) in [5, 5.41) is 19.6. The Labute approximate surface area is 153 Å². The maximum atomic E-state index is 12.5. The van der Waals surface area contributed by atoms with Crippen LogP contribution in [0.5, 0.6) is 0 Å². The summed E-state index contributed by atoms with van der Waals surface area (Å²) in [6.45, 7) is 2.58. The molecular formula is C17H18N4O4S. The van der Waals surface area contributed by atoms with Gasteiger partial charge in [0.05, 0.1) is 5.92 Å². The van der Waals surface area contributed by atoms with Gasteiger partial charge < -0.3 is 15.3 Å². The Morgan fingerprint density at radius 2 is 1.88 bits per heavy atom. The molecule has 1 aromatic heterocycles. The zero-order valence-electron chi connectivity index (χ0n) is 14.1. The molecule has 1 aliphatic heterocycles. The van der Waals surface area contributed by atoms with Gasteiger partial charge >= 0.3 is 5.97 Å². The number of aromatic nitrogens is 2. The standard InChI is InChI=1S/C17H18N4O4S/c1-10-4-6-12(7-5-10)18-13(22)14-19-20-15(26-14)16(23)21-8-2-3-11(9-21)17(24)25/h4-7,11H,2-3,8-9H2,1H3,(H,18,22)(H,24,25)/t11-/m0/s1. The molecule has 1 saturated heterocycles. The molecule has 136 valence electrons. The van der Waals surface area contributed by atoms with Crippen LogP contribution in [0.3, 0.4) is 0 Å². The number of nitrogens with zero attached hydrogens (tertiary/aromatic N) is 3. The van der Waals surface area contributed by atoms with Crippen molar-refractivity contribution in [3.05, 3.63) is 39.8 Å². The highest BCUT2D eigenvalue weighted by Gasteiger charge is 2.30. The van der Waals surface area contributed by atoms with Crippen LogP contribution in [0.2, 0.25) is 0 Å². The summed E-state index contributed by atoms with van der Waals surface area (Å²) in [5.74, 6) is -2.29. The van der Waals surface area contributed by atoms with Crippen LogP contribution in [0.15, 0.2) is 24.3 Å². The quantitative estimate of drug-likeness (QED) is 0.847. The lowest BCUT2D eigenvalue weighted by Crippen LogP contribution is -2.42. The minimum Gasteiger partial charge on any atom is -0.481 e. The van der Waals surface area contributed by atoms with Crippen LogP contribution >= 0.6 is 11.3 Å². The van der Waals surface area contributed by atoms with E-state index in [1.807, 2.05) is 19.1 Å². The molecule has 9 heteroatoms. The first-order valence-electron chi connectivity index (χ1n) is 8.17. The molecule has 3 rings (SSSR count). The van der Waals surface area contributed by atoms with Crippen molar-refractivity contribution >= 4 is 34.8 Å². The molecule has 2 heterocycles. The van der Waals surface area contributed by atoms with Gasteiger partial charge in [0, 0.05) is 18.8 Å². The number of anilines is 1. The number of amides is 2. The molecule has 0 spiro atoms. The van der Waals surface area contributed by atoms with Crippen LogP contribution in [-0.2, 0) is 4.79 Å². The number of carbonyl (C=O) groups is 3. The Kier molecular flexibility index (Phi) is 5.27. The summed E-state index contributed by atoms with van der Waals surface area (Å²) < 4.78 is 0. The normalized spacial score (nSPS) is 17.0. The van der Waals surface area contributed by atoms with E-state index in [0.29, 0.717) is 25.1 Å². The van der Waals surface area contributed by atoms with Crippen molar-refractivity contribution < 1.29 is 19.5 Å². The molecule has 8 nitrogen and oxygen atoms in total. The van der Waals surface area contributed by atoms with Crippen molar-refractivity contribution in [2.45, 2.75) is 19.8 Å². The number of carboxylic acid groups (broad SMARTS) is 1. The lowest BCUT2D eigenvalue weighted by atomic mass is 9.98. The van der Waals surface area contributed by atoms with E-state index in [1.54, 1.807) is 12.1 Å². The van der Waals surface area contributed by atoms with Crippen LogP contribution in [-0.4, -0.2) is 51.1 Å². The first-order valence-corrected chi connectivity index (χ1v) is 8.99. The van der Waals surface area contributed by atoms with Crippen molar-refractivity contribution in [1.82, 2.24) is 15.1 Å². The maximum Gasteiger partial charge on any atom is 0.308 e. The number of likely N-dealkylation sites (tertiary alicyclic amines) is 1. The minimum absolute atomic E-state index is 0.0840. The van der Waals surface area contributed by atoms with Gasteiger partial charge in [0.25, 0.3) is 11.8 Å². The van der Waals surface area contributed by atoms with Crippen molar-refractivity contribution in [1.29, 1.82) is 0 Å². The van der Waals surface area contributed by atoms with E-state index < -0.39 is 17.8 Å². The Morgan fingerprint density at radius 3 is 2.58 bits per heavy atom. The van der Waals surface area contributed by atoms with E-state index in [2.05, 4.69) is 15.5 Å². The largest absolute Gasteiger partial charge is 0.481 e. The Morgan fingerprint density at radius 1 is 1.19 bits per heavy atom. The SMILES string of the molecule is Cc1ccc(NC(=O)c2nnc(C(=O)N3CCC[C@H](C(=O)O)C3)s2)cc1. The van der Waals surface area contributed by atoms with E-state index in [1.165, 1.54) is 4.90 Å². The third-order valence-electron chi connectivity index (χ3n) is 4.17. The third-order valence-corrected chi connectivity index (χ3v) is 5.08. The summed E-state index contributed by atoms with van der Waals surface area (Å²) in [5.41, 5.74) is 1.71. The van der Waals surface area contributed by atoms with Crippen molar-refractivity contribution in [2.24, 2.45) is 5.92 Å². The van der Waals surface area contributed by atoms with Gasteiger partial charge in [0.1, 0.15) is 0 Å². The van der Waals surface area contributed by atoms with Crippen molar-refractivity contribution in [2.75, 3.05) is 18.4 Å². The third kappa shape index (κ3) is 4.05. The molecule has 0 radical (unpaired) electrons. The highest BCUT2D eigenvalue weighted by Crippen LogP contribution is 2.21. The smallest absolute Gasteiger partial charge is 0.308 e. The number of aliphatic carboxylic acids is 1. The van der Waals surface area contributed by atoms with Crippen LogP contribution in [0, 0.1) is 12.8 Å². The number of carboxylic acids is 1. The number of rotatable bonds is 4. The predicted molar refractivity (Wildman–Crippen MR) is 95.3 cm³/mol. The zero-order valence-corrected chi connectivity index (χ0v) is 15.0. The summed E-state index contributed by atoms with van der Waals surface area (Å²) in [6.07, 6.45) is 1.18. The first kappa shape index (κ1) is 18.0. The van der Waals surface area contributed by atoms with Gasteiger partial charge in [-0.15, -0.1) is 10.2 Å². The van der Waals surface area contributed by atoms with Crippen molar-refractivity contribution in [3.8, 4) is 0 Å². The second kappa shape index (κ2) is 7.61. The molecule has 2 aromatic rings. The fraction of sp³-hybridized carbons (Fsp3) is 0.353. The molecule has 2 N–H and O–H groups in total. The summed E-state index contributed by atoms with van der Waals surface area (Å²) in [6, 6.07) is 7.31. The summed E-state index contributed by atoms with van der Waals surface area (Å²) >= 11 is 0.902. The van der Waals surface area contributed by atoms with E-state index in [-0.39, 0.29) is 22.5 Å². The lowest BCUT2D eigenvalue weighted by molar-refractivity contribution is -0.143. The van der Waals surface area contributed by atoms with Gasteiger partial charge in [-0.1, -0.05) is 29.0 Å². The topological polar surface area (TPSA) is 112 Å². The molecule has 0 aliphatic carbocycles. The van der Waals surface area contributed by atoms with Crippen LogP contribution < -0.4 is 5.32 Å². The number of hydrogen-bond acceptors (Lipinski definition) is 6. The molecule has 2 amide bonds. The molecule has 26 heavy (non-hydrogen) atoms. The summed E-state index contributed by atoms with van der Waals surface area (Å²) in [7, 11) is 0. The predicted octanol–water partition coefficient (Wildman–Crippen LogP) is 2.04. The molecule has 1 fully saturated rings. The maximum absolute atomic E-state index is 12.5. The van der Waals surface area contributed by atoms with Gasteiger partial charge in [0.15, 0.2) is 0 Å². The van der Waals surface area contributed by atoms with E-state index in [9.17, 15) is 14.4 Å².